The fraction of sp³-hybridized carbons (Fsp3) is 0.182. The molecule has 2 aromatic heterocycles. The van der Waals surface area contributed by atoms with E-state index in [0.717, 1.165) is 32.9 Å². The molecule has 158 valence electrons. The van der Waals surface area contributed by atoms with Gasteiger partial charge in [-0.05, 0) is 0 Å². The van der Waals surface area contributed by atoms with Crippen LogP contribution in [-0.4, -0.2) is 50.1 Å². The minimum absolute atomic E-state index is 0.322. The van der Waals surface area contributed by atoms with E-state index in [1.54, 1.807) is 0 Å². The third kappa shape index (κ3) is 4.82. The van der Waals surface area contributed by atoms with E-state index in [1.807, 2.05) is 60.9 Å². The maximum absolute atomic E-state index is 12.2. The molecule has 0 amide bonds. The van der Waals surface area contributed by atoms with E-state index in [9.17, 15) is 9.59 Å². The number of aromatic amines is 2. The summed E-state index contributed by atoms with van der Waals surface area (Å²) in [4.78, 5) is 30.7. The molecule has 2 radical (unpaired) electrons. The predicted molar refractivity (Wildman–Crippen MR) is 118 cm³/mol. The van der Waals surface area contributed by atoms with E-state index in [4.69, 9.17) is 19.0 Å². The van der Waals surface area contributed by atoms with Crippen LogP contribution in [0.25, 0.3) is 21.8 Å². The number of fused-ring (bicyclic) bond motifs is 2. The molecule has 0 saturated carbocycles. The van der Waals surface area contributed by atoms with Crippen LogP contribution in [0.4, 0.5) is 0 Å². The van der Waals surface area contributed by atoms with Gasteiger partial charge in [-0.15, -0.1) is 0 Å². The van der Waals surface area contributed by atoms with Crippen LogP contribution in [0.2, 0.25) is 0 Å². The first-order valence-electron chi connectivity index (χ1n) is 9.80. The van der Waals surface area contributed by atoms with E-state index >= 15 is 0 Å². The molecular formula is C22H22GeN4O4. The number of H-pyrrole nitrogens is 2. The number of carbonyl (C=O) groups is 2. The fourth-order valence-corrected chi connectivity index (χ4v) is 4.56. The van der Waals surface area contributed by atoms with Crippen LogP contribution in [0.1, 0.15) is 11.1 Å². The molecule has 4 aromatic rings. The molecule has 2 atom stereocenters. The topological polar surface area (TPSA) is 136 Å². The van der Waals surface area contributed by atoms with Gasteiger partial charge in [-0.25, -0.2) is 0 Å². The first-order valence-corrected chi connectivity index (χ1v) is 11.5. The van der Waals surface area contributed by atoms with E-state index in [-0.39, 0.29) is 0 Å². The normalized spacial score (nSPS) is 13.2. The van der Waals surface area contributed by atoms with Gasteiger partial charge >= 0.3 is 185 Å². The van der Waals surface area contributed by atoms with E-state index in [0.29, 0.717) is 12.8 Å². The number of hydrogen-bond donors (Lipinski definition) is 4. The second-order valence-electron chi connectivity index (χ2n) is 7.27. The molecule has 9 heteroatoms. The zero-order valence-corrected chi connectivity index (χ0v) is 18.7. The number of aromatic nitrogens is 2. The molecule has 6 N–H and O–H groups in total. The second-order valence-corrected chi connectivity index (χ2v) is 8.47. The van der Waals surface area contributed by atoms with Crippen LogP contribution in [0, 0.1) is 0 Å². The van der Waals surface area contributed by atoms with Gasteiger partial charge in [0.25, 0.3) is 0 Å². The van der Waals surface area contributed by atoms with E-state index in [1.165, 1.54) is 0 Å². The standard InChI is InChI=1S/C22H22GeN4O4/c24-17(9-13-11-26-19-7-3-1-5-15(13)19)21(28)30-23-31-22(29)18(25)10-14-12-27-20-8-4-2-6-16(14)20/h1-8,11-12,17-18,26-27H,9-10,24-25H2/t17-,18-/m0/s1. The molecule has 8 nitrogen and oxygen atoms in total. The monoisotopic (exact) mass is 480 g/mol. The molecule has 0 unspecified atom stereocenters. The summed E-state index contributed by atoms with van der Waals surface area (Å²) in [6, 6.07) is 13.8. The molecule has 2 heterocycles. The third-order valence-electron chi connectivity index (χ3n) is 5.12. The fourth-order valence-electron chi connectivity index (χ4n) is 3.50. The summed E-state index contributed by atoms with van der Waals surface area (Å²) in [5, 5.41) is 2.02. The first kappa shape index (κ1) is 21.2. The number of carbonyl (C=O) groups excluding carboxylic acids is 2. The van der Waals surface area contributed by atoms with Gasteiger partial charge in [-0.3, -0.25) is 0 Å². The number of nitrogens with one attached hydrogen (secondary N) is 2. The molecular weight excluding hydrogens is 457 g/mol. The Bertz CT molecular complexity index is 1120. The predicted octanol–water partition coefficient (Wildman–Crippen LogP) is 1.71. The zero-order valence-electron chi connectivity index (χ0n) is 16.6. The Morgan fingerprint density at radius 1 is 0.774 bits per heavy atom. The maximum atomic E-state index is 12.2. The van der Waals surface area contributed by atoms with Gasteiger partial charge in [0.05, 0.1) is 0 Å². The molecule has 31 heavy (non-hydrogen) atoms. The van der Waals surface area contributed by atoms with Gasteiger partial charge in [-0.2, -0.15) is 0 Å². The molecule has 0 saturated heterocycles. The van der Waals surface area contributed by atoms with Gasteiger partial charge in [-0.1, -0.05) is 0 Å². The minimum atomic E-state index is -1.74. The molecule has 0 bridgehead atoms. The quantitative estimate of drug-likeness (QED) is 0.284. The molecule has 0 spiro atoms. The Morgan fingerprint density at radius 2 is 1.19 bits per heavy atom. The number of rotatable bonds is 8. The van der Waals surface area contributed by atoms with Gasteiger partial charge in [0.15, 0.2) is 0 Å². The Balaban J connectivity index is 1.25. The van der Waals surface area contributed by atoms with Crippen molar-refractivity contribution in [2.24, 2.45) is 11.5 Å². The molecule has 0 fully saturated rings. The number of benzene rings is 2. The summed E-state index contributed by atoms with van der Waals surface area (Å²) in [5.41, 5.74) is 15.8. The number of hydrogen-bond acceptors (Lipinski definition) is 6. The van der Waals surface area contributed by atoms with E-state index < -0.39 is 40.1 Å². The molecule has 0 aliphatic carbocycles. The van der Waals surface area contributed by atoms with Crippen LogP contribution in [-0.2, 0) is 30.0 Å². The third-order valence-corrected chi connectivity index (χ3v) is 6.31. The van der Waals surface area contributed by atoms with Gasteiger partial charge in [0.2, 0.25) is 0 Å². The van der Waals surface area contributed by atoms with Crippen LogP contribution in [0.3, 0.4) is 0 Å². The van der Waals surface area contributed by atoms with Crippen LogP contribution in [0.5, 0.6) is 0 Å². The van der Waals surface area contributed by atoms with Crippen molar-refractivity contribution in [3.8, 4) is 0 Å². The summed E-state index contributed by atoms with van der Waals surface area (Å²) in [7, 11) is 0. The summed E-state index contributed by atoms with van der Waals surface area (Å²) in [6.07, 6.45) is 4.31. The summed E-state index contributed by atoms with van der Waals surface area (Å²) in [6.45, 7) is 0. The second kappa shape index (κ2) is 9.38. The van der Waals surface area contributed by atoms with Crippen LogP contribution < -0.4 is 11.5 Å². The first-order chi connectivity index (χ1) is 15.0. The van der Waals surface area contributed by atoms with Crippen molar-refractivity contribution in [2.45, 2.75) is 24.9 Å². The Morgan fingerprint density at radius 3 is 1.65 bits per heavy atom. The molecule has 0 aliphatic heterocycles. The Labute approximate surface area is 185 Å². The van der Waals surface area contributed by atoms with Crippen molar-refractivity contribution < 1.29 is 17.1 Å². The Hall–Kier alpha value is -3.08. The van der Waals surface area contributed by atoms with Gasteiger partial charge < -0.3 is 0 Å². The molecule has 2 aromatic carbocycles. The van der Waals surface area contributed by atoms with Crippen molar-refractivity contribution in [1.29, 1.82) is 0 Å². The van der Waals surface area contributed by atoms with Crippen molar-refractivity contribution >= 4 is 49.8 Å². The van der Waals surface area contributed by atoms with Crippen molar-refractivity contribution in [2.75, 3.05) is 0 Å². The summed E-state index contributed by atoms with van der Waals surface area (Å²) >= 11 is -1.74. The van der Waals surface area contributed by atoms with Crippen LogP contribution in [0.15, 0.2) is 60.9 Å². The van der Waals surface area contributed by atoms with Crippen molar-refractivity contribution in [3.63, 3.8) is 0 Å². The Kier molecular flexibility index (Phi) is 6.40. The van der Waals surface area contributed by atoms with Crippen molar-refractivity contribution in [1.82, 2.24) is 9.97 Å². The van der Waals surface area contributed by atoms with E-state index in [2.05, 4.69) is 9.97 Å². The van der Waals surface area contributed by atoms with Crippen LogP contribution >= 0.6 is 0 Å². The van der Waals surface area contributed by atoms with Crippen molar-refractivity contribution in [3.05, 3.63) is 72.1 Å². The molecule has 4 rings (SSSR count). The molecule has 0 aliphatic rings. The average Bonchev–Trinajstić information content (AvgIpc) is 3.38. The number of para-hydroxylation sites is 2. The van der Waals surface area contributed by atoms with Gasteiger partial charge in [0, 0.05) is 0 Å². The summed E-state index contributed by atoms with van der Waals surface area (Å²) < 4.78 is 10.3. The van der Waals surface area contributed by atoms with Gasteiger partial charge in [0.1, 0.15) is 0 Å². The summed E-state index contributed by atoms with van der Waals surface area (Å²) in [5.74, 6) is -1.19. The SMILES string of the molecule is N[C@@H](Cc1c[nH]c2ccccc12)C(=O)[O][Ge][O]C(=O)[C@@H](N)Cc1c[nH]c2ccccc12. The average molecular weight is 479 g/mol. The zero-order chi connectivity index (χ0) is 21.8. The number of nitrogens with two attached hydrogens (primary N) is 2.